The molecule has 0 heterocycles. The maximum atomic E-state index is 11.7. The summed E-state index contributed by atoms with van der Waals surface area (Å²) in [4.78, 5) is 16.5. The van der Waals surface area contributed by atoms with Crippen LogP contribution in [-0.2, 0) is 4.84 Å². The van der Waals surface area contributed by atoms with Crippen LogP contribution in [0.15, 0.2) is 29.4 Å². The Labute approximate surface area is 102 Å². The van der Waals surface area contributed by atoms with Crippen LogP contribution in [0.2, 0.25) is 0 Å². The molecule has 0 aliphatic carbocycles. The van der Waals surface area contributed by atoms with E-state index in [-0.39, 0.29) is 12.2 Å². The molecule has 17 heavy (non-hydrogen) atoms. The zero-order chi connectivity index (χ0) is 12.7. The summed E-state index contributed by atoms with van der Waals surface area (Å²) in [6, 6.07) is 7.73. The second-order valence-electron chi connectivity index (χ2n) is 4.11. The lowest BCUT2D eigenvalue weighted by atomic mass is 10.00. The van der Waals surface area contributed by atoms with Crippen LogP contribution in [0, 0.1) is 0 Å². The van der Waals surface area contributed by atoms with E-state index in [9.17, 15) is 4.79 Å². The quantitative estimate of drug-likeness (QED) is 0.429. The number of nitrogens with zero attached hydrogens (tertiary/aromatic N) is 1. The van der Waals surface area contributed by atoms with Crippen LogP contribution < -0.4 is 0 Å². The highest BCUT2D eigenvalue weighted by molar-refractivity contribution is 6.03. The third kappa shape index (κ3) is 4.39. The molecule has 0 saturated heterocycles. The van der Waals surface area contributed by atoms with E-state index in [2.05, 4.69) is 19.0 Å². The Hall–Kier alpha value is -1.64. The predicted molar refractivity (Wildman–Crippen MR) is 69.6 cm³/mol. The molecule has 0 aliphatic rings. The van der Waals surface area contributed by atoms with E-state index in [0.29, 0.717) is 12.5 Å². The number of oxime groups is 1. The smallest absolute Gasteiger partial charge is 0.168 e. The molecule has 0 unspecified atom stereocenters. The van der Waals surface area contributed by atoms with Crippen LogP contribution >= 0.6 is 0 Å². The summed E-state index contributed by atoms with van der Waals surface area (Å²) in [7, 11) is 0. The molecular weight excluding hydrogens is 214 g/mol. The molecule has 0 N–H and O–H groups in total. The van der Waals surface area contributed by atoms with Crippen molar-refractivity contribution in [2.45, 2.75) is 33.1 Å². The number of ketones is 1. The van der Waals surface area contributed by atoms with Crippen LogP contribution in [0.5, 0.6) is 0 Å². The average molecular weight is 233 g/mol. The van der Waals surface area contributed by atoms with Crippen molar-refractivity contribution in [1.82, 2.24) is 0 Å². The summed E-state index contributed by atoms with van der Waals surface area (Å²) in [5, 5.41) is 3.66. The normalized spacial score (nSPS) is 11.1. The monoisotopic (exact) mass is 233 g/mol. The van der Waals surface area contributed by atoms with Crippen molar-refractivity contribution in [3.8, 4) is 0 Å². The zero-order valence-electron chi connectivity index (χ0n) is 10.6. The van der Waals surface area contributed by atoms with Gasteiger partial charge in [0.25, 0.3) is 0 Å². The molecule has 1 aromatic carbocycles. The predicted octanol–water partition coefficient (Wildman–Crippen LogP) is 3.41. The standard InChI is InChI=1S/C14H19NO2/c1-4-17-15-10-9-14(16)13-7-5-12(6-8-13)11(2)3/h5-8,10-11H,4,9H2,1-3H3/b15-10+. The van der Waals surface area contributed by atoms with Crippen molar-refractivity contribution in [3.05, 3.63) is 35.4 Å². The van der Waals surface area contributed by atoms with Gasteiger partial charge in [0.1, 0.15) is 6.61 Å². The summed E-state index contributed by atoms with van der Waals surface area (Å²) in [5.41, 5.74) is 1.96. The SMILES string of the molecule is CCO/N=C/CC(=O)c1ccc(C(C)C)cc1. The number of rotatable bonds is 6. The number of carbonyl (C=O) groups is 1. The van der Waals surface area contributed by atoms with E-state index in [1.54, 1.807) is 0 Å². The molecular formula is C14H19NO2. The van der Waals surface area contributed by atoms with Gasteiger partial charge in [0, 0.05) is 12.0 Å². The molecule has 0 radical (unpaired) electrons. The lowest BCUT2D eigenvalue weighted by Gasteiger charge is -2.05. The lowest BCUT2D eigenvalue weighted by molar-refractivity contribution is 0.0998. The molecule has 0 aliphatic heterocycles. The van der Waals surface area contributed by atoms with Gasteiger partial charge in [-0.2, -0.15) is 0 Å². The average Bonchev–Trinajstić information content (AvgIpc) is 2.34. The van der Waals surface area contributed by atoms with Crippen molar-refractivity contribution in [2.75, 3.05) is 6.61 Å². The van der Waals surface area contributed by atoms with Crippen molar-refractivity contribution in [2.24, 2.45) is 5.16 Å². The van der Waals surface area contributed by atoms with Crippen molar-refractivity contribution < 1.29 is 9.63 Å². The lowest BCUT2D eigenvalue weighted by Crippen LogP contribution is -2.00. The maximum absolute atomic E-state index is 11.7. The zero-order valence-corrected chi connectivity index (χ0v) is 10.6. The molecule has 3 heteroatoms. The van der Waals surface area contributed by atoms with Crippen molar-refractivity contribution in [3.63, 3.8) is 0 Å². The summed E-state index contributed by atoms with van der Waals surface area (Å²) < 4.78 is 0. The van der Waals surface area contributed by atoms with Gasteiger partial charge in [0.2, 0.25) is 0 Å². The Balaban J connectivity index is 2.57. The molecule has 0 fully saturated rings. The van der Waals surface area contributed by atoms with E-state index >= 15 is 0 Å². The third-order valence-corrected chi connectivity index (χ3v) is 2.45. The first kappa shape index (κ1) is 13.4. The Kier molecular flexibility index (Phi) is 5.40. The molecule has 3 nitrogen and oxygen atoms in total. The molecule has 0 saturated carbocycles. The Morgan fingerprint density at radius 2 is 2.00 bits per heavy atom. The van der Waals surface area contributed by atoms with Gasteiger partial charge in [-0.25, -0.2) is 0 Å². The minimum Gasteiger partial charge on any atom is -0.396 e. The van der Waals surface area contributed by atoms with Gasteiger partial charge in [-0.3, -0.25) is 4.79 Å². The largest absolute Gasteiger partial charge is 0.396 e. The van der Waals surface area contributed by atoms with E-state index in [0.717, 1.165) is 5.56 Å². The molecule has 0 spiro atoms. The summed E-state index contributed by atoms with van der Waals surface area (Å²) in [6.45, 7) is 6.63. The minimum atomic E-state index is 0.0590. The van der Waals surface area contributed by atoms with Crippen LogP contribution in [0.25, 0.3) is 0 Å². The highest BCUT2D eigenvalue weighted by Crippen LogP contribution is 2.15. The van der Waals surface area contributed by atoms with Gasteiger partial charge in [-0.1, -0.05) is 43.3 Å². The Bertz CT molecular complexity index is 380. The second kappa shape index (κ2) is 6.84. The second-order valence-corrected chi connectivity index (χ2v) is 4.11. The van der Waals surface area contributed by atoms with Gasteiger partial charge < -0.3 is 4.84 Å². The van der Waals surface area contributed by atoms with E-state index in [4.69, 9.17) is 4.84 Å². The van der Waals surface area contributed by atoms with Crippen LogP contribution in [-0.4, -0.2) is 18.6 Å². The van der Waals surface area contributed by atoms with Gasteiger partial charge in [-0.05, 0) is 18.4 Å². The Morgan fingerprint density at radius 3 is 2.53 bits per heavy atom. The summed E-state index contributed by atoms with van der Waals surface area (Å²) in [6.07, 6.45) is 1.78. The fraction of sp³-hybridized carbons (Fsp3) is 0.429. The first-order valence-corrected chi connectivity index (χ1v) is 5.92. The van der Waals surface area contributed by atoms with E-state index < -0.39 is 0 Å². The van der Waals surface area contributed by atoms with Gasteiger partial charge in [0.15, 0.2) is 5.78 Å². The number of carbonyl (C=O) groups excluding carboxylic acids is 1. The molecule has 1 aromatic rings. The van der Waals surface area contributed by atoms with Crippen LogP contribution in [0.1, 0.15) is 49.0 Å². The minimum absolute atomic E-state index is 0.0590. The topological polar surface area (TPSA) is 38.7 Å². The highest BCUT2D eigenvalue weighted by Gasteiger charge is 2.05. The van der Waals surface area contributed by atoms with Gasteiger partial charge >= 0.3 is 0 Å². The third-order valence-electron chi connectivity index (χ3n) is 2.45. The molecule has 1 rings (SSSR count). The number of benzene rings is 1. The molecule has 0 aromatic heterocycles. The highest BCUT2D eigenvalue weighted by atomic mass is 16.6. The summed E-state index contributed by atoms with van der Waals surface area (Å²) >= 11 is 0. The van der Waals surface area contributed by atoms with E-state index in [1.807, 2.05) is 31.2 Å². The van der Waals surface area contributed by atoms with Crippen molar-refractivity contribution in [1.29, 1.82) is 0 Å². The molecule has 0 amide bonds. The van der Waals surface area contributed by atoms with Crippen LogP contribution in [0.3, 0.4) is 0 Å². The fourth-order valence-corrected chi connectivity index (χ4v) is 1.42. The Morgan fingerprint density at radius 1 is 1.35 bits per heavy atom. The van der Waals surface area contributed by atoms with E-state index in [1.165, 1.54) is 11.8 Å². The number of hydrogen-bond donors (Lipinski definition) is 0. The van der Waals surface area contributed by atoms with Crippen molar-refractivity contribution >= 4 is 12.0 Å². The maximum Gasteiger partial charge on any atom is 0.168 e. The molecule has 0 atom stereocenters. The molecule has 92 valence electrons. The first-order valence-electron chi connectivity index (χ1n) is 5.92. The number of hydrogen-bond acceptors (Lipinski definition) is 3. The number of Topliss-reactive ketones (excluding diaryl/α,β-unsaturated/α-hetero) is 1. The summed E-state index contributed by atoms with van der Waals surface area (Å²) in [5.74, 6) is 0.544. The first-order chi connectivity index (χ1) is 8.15. The van der Waals surface area contributed by atoms with Gasteiger partial charge in [0.05, 0.1) is 6.21 Å². The fourth-order valence-electron chi connectivity index (χ4n) is 1.42. The van der Waals surface area contributed by atoms with Crippen LogP contribution in [0.4, 0.5) is 0 Å². The van der Waals surface area contributed by atoms with Gasteiger partial charge in [-0.15, -0.1) is 0 Å². The molecule has 0 bridgehead atoms.